The van der Waals surface area contributed by atoms with Gasteiger partial charge in [0.2, 0.25) is 0 Å². The van der Waals surface area contributed by atoms with Crippen molar-refractivity contribution in [2.75, 3.05) is 32.6 Å². The second-order valence-electron chi connectivity index (χ2n) is 5.72. The molecule has 0 saturated carbocycles. The van der Waals surface area contributed by atoms with Crippen LogP contribution in [0.15, 0.2) is 18.3 Å². The van der Waals surface area contributed by atoms with Gasteiger partial charge in [0.25, 0.3) is 5.91 Å². The summed E-state index contributed by atoms with van der Waals surface area (Å²) in [7, 11) is 5.45. The Kier molecular flexibility index (Phi) is 5.95. The van der Waals surface area contributed by atoms with Crippen molar-refractivity contribution in [1.29, 1.82) is 0 Å². The van der Waals surface area contributed by atoms with Crippen LogP contribution in [-0.4, -0.2) is 49.5 Å². The number of carbonyl (C=O) groups is 1. The predicted molar refractivity (Wildman–Crippen MR) is 83.0 cm³/mol. The monoisotopic (exact) mass is 278 g/mol. The number of hydrogen-bond acceptors (Lipinski definition) is 4. The van der Waals surface area contributed by atoms with Crippen LogP contribution in [0.4, 0.5) is 5.69 Å². The molecule has 1 atom stereocenters. The fourth-order valence-electron chi connectivity index (χ4n) is 1.81. The Morgan fingerprint density at radius 1 is 1.35 bits per heavy atom. The molecular weight excluding hydrogens is 252 g/mol. The summed E-state index contributed by atoms with van der Waals surface area (Å²) in [5.41, 5.74) is 7.51. The number of hydrogen-bond donors (Lipinski definition) is 1. The third-order valence-electron chi connectivity index (χ3n) is 3.46. The fraction of sp³-hybridized carbons (Fsp3) is 0.600. The molecule has 1 amide bonds. The Bertz CT molecular complexity index is 445. The van der Waals surface area contributed by atoms with Crippen molar-refractivity contribution in [3.05, 3.63) is 24.0 Å². The minimum atomic E-state index is -0.0841. The number of nitrogens with zero attached hydrogens (tertiary/aromatic N) is 3. The van der Waals surface area contributed by atoms with Crippen molar-refractivity contribution in [2.24, 2.45) is 11.7 Å². The Morgan fingerprint density at radius 3 is 2.55 bits per heavy atom. The highest BCUT2D eigenvalue weighted by Crippen LogP contribution is 2.15. The summed E-state index contributed by atoms with van der Waals surface area (Å²) >= 11 is 0. The minimum absolute atomic E-state index is 0.0841. The third-order valence-corrected chi connectivity index (χ3v) is 3.46. The van der Waals surface area contributed by atoms with E-state index in [-0.39, 0.29) is 11.9 Å². The van der Waals surface area contributed by atoms with Gasteiger partial charge in [0, 0.05) is 45.6 Å². The molecule has 0 aromatic carbocycles. The number of anilines is 1. The minimum Gasteiger partial charge on any atom is -0.374 e. The maximum atomic E-state index is 11.9. The van der Waals surface area contributed by atoms with E-state index >= 15 is 0 Å². The van der Waals surface area contributed by atoms with Crippen LogP contribution < -0.4 is 10.6 Å². The molecule has 1 aromatic rings. The van der Waals surface area contributed by atoms with Crippen LogP contribution >= 0.6 is 0 Å². The number of pyridine rings is 1. The number of carbonyl (C=O) groups excluding carboxylic acids is 1. The maximum absolute atomic E-state index is 11.9. The smallest absolute Gasteiger partial charge is 0.272 e. The molecule has 0 bridgehead atoms. The molecule has 1 unspecified atom stereocenters. The highest BCUT2D eigenvalue weighted by Gasteiger charge is 2.13. The first-order valence-electron chi connectivity index (χ1n) is 6.97. The van der Waals surface area contributed by atoms with E-state index in [1.807, 2.05) is 19.2 Å². The molecule has 2 N–H and O–H groups in total. The highest BCUT2D eigenvalue weighted by atomic mass is 16.2. The quantitative estimate of drug-likeness (QED) is 0.858. The molecule has 1 heterocycles. The number of aromatic nitrogens is 1. The Hall–Kier alpha value is -1.62. The summed E-state index contributed by atoms with van der Waals surface area (Å²) in [6.45, 7) is 5.12. The Balaban J connectivity index is 2.71. The van der Waals surface area contributed by atoms with Crippen molar-refractivity contribution in [3.8, 4) is 0 Å². The molecule has 112 valence electrons. The lowest BCUT2D eigenvalue weighted by atomic mass is 10.0. The van der Waals surface area contributed by atoms with Gasteiger partial charge in [-0.05, 0) is 24.5 Å². The largest absolute Gasteiger partial charge is 0.374 e. The molecule has 0 aliphatic rings. The summed E-state index contributed by atoms with van der Waals surface area (Å²) in [5, 5.41) is 0. The van der Waals surface area contributed by atoms with Gasteiger partial charge in [0.05, 0.1) is 0 Å². The molecule has 5 nitrogen and oxygen atoms in total. The second kappa shape index (κ2) is 7.24. The summed E-state index contributed by atoms with van der Waals surface area (Å²) in [4.78, 5) is 19.7. The van der Waals surface area contributed by atoms with E-state index in [0.717, 1.165) is 18.7 Å². The van der Waals surface area contributed by atoms with Gasteiger partial charge in [-0.2, -0.15) is 0 Å². The van der Waals surface area contributed by atoms with E-state index in [2.05, 4.69) is 23.7 Å². The van der Waals surface area contributed by atoms with Gasteiger partial charge in [-0.15, -0.1) is 0 Å². The summed E-state index contributed by atoms with van der Waals surface area (Å²) in [6.07, 6.45) is 2.60. The van der Waals surface area contributed by atoms with Crippen LogP contribution in [0.25, 0.3) is 0 Å². The van der Waals surface area contributed by atoms with Crippen molar-refractivity contribution in [1.82, 2.24) is 9.88 Å². The predicted octanol–water partition coefficient (Wildman–Crippen LogP) is 1.59. The van der Waals surface area contributed by atoms with E-state index in [1.54, 1.807) is 20.3 Å². The first-order chi connectivity index (χ1) is 9.32. The molecular formula is C15H26N4O. The molecule has 0 radical (unpaired) electrons. The molecule has 0 saturated heterocycles. The second-order valence-corrected chi connectivity index (χ2v) is 5.72. The van der Waals surface area contributed by atoms with Gasteiger partial charge < -0.3 is 15.5 Å². The highest BCUT2D eigenvalue weighted by molar-refractivity contribution is 5.92. The molecule has 1 aromatic heterocycles. The van der Waals surface area contributed by atoms with Gasteiger partial charge in [-0.25, -0.2) is 0 Å². The van der Waals surface area contributed by atoms with Crippen molar-refractivity contribution in [3.63, 3.8) is 0 Å². The zero-order valence-electron chi connectivity index (χ0n) is 13.1. The SMILES string of the molecule is CC(C)C(N)CCN(C)c1ccnc(C(=O)N(C)C)c1. The molecule has 0 spiro atoms. The van der Waals surface area contributed by atoms with Crippen LogP contribution in [0.2, 0.25) is 0 Å². The summed E-state index contributed by atoms with van der Waals surface area (Å²) < 4.78 is 0. The van der Waals surface area contributed by atoms with Crippen LogP contribution in [0.3, 0.4) is 0 Å². The average Bonchev–Trinajstić information content (AvgIpc) is 2.43. The zero-order valence-corrected chi connectivity index (χ0v) is 13.1. The number of nitrogens with two attached hydrogens (primary N) is 1. The Morgan fingerprint density at radius 2 is 2.00 bits per heavy atom. The maximum Gasteiger partial charge on any atom is 0.272 e. The molecule has 1 rings (SSSR count). The van der Waals surface area contributed by atoms with E-state index in [0.29, 0.717) is 11.6 Å². The van der Waals surface area contributed by atoms with E-state index in [9.17, 15) is 4.79 Å². The first kappa shape index (κ1) is 16.4. The number of rotatable bonds is 6. The van der Waals surface area contributed by atoms with Gasteiger partial charge in [-0.3, -0.25) is 9.78 Å². The molecule has 0 aliphatic heterocycles. The molecule has 0 aliphatic carbocycles. The molecule has 20 heavy (non-hydrogen) atoms. The normalized spacial score (nSPS) is 12.3. The average molecular weight is 278 g/mol. The summed E-state index contributed by atoms with van der Waals surface area (Å²) in [5.74, 6) is 0.394. The lowest BCUT2D eigenvalue weighted by Crippen LogP contribution is -2.32. The summed E-state index contributed by atoms with van der Waals surface area (Å²) in [6, 6.07) is 3.93. The van der Waals surface area contributed by atoms with Gasteiger partial charge in [-0.1, -0.05) is 13.8 Å². The van der Waals surface area contributed by atoms with Crippen LogP contribution in [0, 0.1) is 5.92 Å². The van der Waals surface area contributed by atoms with Crippen molar-refractivity contribution < 1.29 is 4.79 Å². The zero-order chi connectivity index (χ0) is 15.3. The van der Waals surface area contributed by atoms with Crippen molar-refractivity contribution >= 4 is 11.6 Å². The first-order valence-corrected chi connectivity index (χ1v) is 6.97. The van der Waals surface area contributed by atoms with E-state index < -0.39 is 0 Å². The third kappa shape index (κ3) is 4.49. The lowest BCUT2D eigenvalue weighted by Gasteiger charge is -2.23. The van der Waals surface area contributed by atoms with E-state index in [1.165, 1.54) is 4.90 Å². The van der Waals surface area contributed by atoms with Crippen LogP contribution in [0.1, 0.15) is 30.8 Å². The van der Waals surface area contributed by atoms with Gasteiger partial charge in [0.15, 0.2) is 0 Å². The Labute approximate surface area is 121 Å². The molecule has 0 fully saturated rings. The van der Waals surface area contributed by atoms with Crippen LogP contribution in [-0.2, 0) is 0 Å². The fourth-order valence-corrected chi connectivity index (χ4v) is 1.81. The lowest BCUT2D eigenvalue weighted by molar-refractivity contribution is 0.0822. The topological polar surface area (TPSA) is 62.5 Å². The number of amides is 1. The van der Waals surface area contributed by atoms with Gasteiger partial charge in [0.1, 0.15) is 5.69 Å². The van der Waals surface area contributed by atoms with Gasteiger partial charge >= 0.3 is 0 Å². The van der Waals surface area contributed by atoms with Crippen LogP contribution in [0.5, 0.6) is 0 Å². The van der Waals surface area contributed by atoms with E-state index in [4.69, 9.17) is 5.73 Å². The van der Waals surface area contributed by atoms with Crippen molar-refractivity contribution in [2.45, 2.75) is 26.3 Å². The molecule has 5 heteroatoms. The standard InChI is InChI=1S/C15H26N4O/c1-11(2)13(16)7-9-19(5)12-6-8-17-14(10-12)15(20)18(3)4/h6,8,10-11,13H,7,9,16H2,1-5H3.